The molecule has 0 saturated carbocycles. The van der Waals surface area contributed by atoms with Gasteiger partial charge in [0, 0.05) is 0 Å². The van der Waals surface area contributed by atoms with Crippen LogP contribution in [0.2, 0.25) is 5.15 Å². The molecule has 6 heteroatoms. The number of methoxy groups -OCH3 is 1. The van der Waals surface area contributed by atoms with E-state index in [1.54, 1.807) is 38.3 Å². The largest absolute Gasteiger partial charge is 0.497 e. The van der Waals surface area contributed by atoms with Crippen molar-refractivity contribution >= 4 is 17.6 Å². The van der Waals surface area contributed by atoms with Crippen molar-refractivity contribution in [1.82, 2.24) is 9.78 Å². The number of nitrogens with zero attached hydrogens (tertiary/aromatic N) is 2. The Balaban J connectivity index is 2.32. The van der Waals surface area contributed by atoms with Crippen LogP contribution in [0, 0.1) is 0 Å². The van der Waals surface area contributed by atoms with Crippen LogP contribution in [-0.2, 0) is 4.74 Å². The minimum absolute atomic E-state index is 0.226. The van der Waals surface area contributed by atoms with Gasteiger partial charge in [0.2, 0.25) is 0 Å². The maximum absolute atomic E-state index is 11.6. The summed E-state index contributed by atoms with van der Waals surface area (Å²) in [5.41, 5.74) is 0.987. The van der Waals surface area contributed by atoms with E-state index >= 15 is 0 Å². The number of hydrogen-bond acceptors (Lipinski definition) is 4. The molecule has 0 bridgehead atoms. The molecule has 0 saturated heterocycles. The number of carbonyl (C=O) groups excluding carboxylic acids is 1. The van der Waals surface area contributed by atoms with Crippen molar-refractivity contribution in [1.29, 1.82) is 0 Å². The smallest absolute Gasteiger partial charge is 0.342 e. The molecule has 1 aromatic carbocycles. The molecule has 2 rings (SSSR count). The normalized spacial score (nSPS) is 10.3. The number of carbonyl (C=O) groups is 1. The Morgan fingerprint density at radius 3 is 2.63 bits per heavy atom. The Morgan fingerprint density at radius 1 is 1.37 bits per heavy atom. The minimum atomic E-state index is -0.479. The van der Waals surface area contributed by atoms with Crippen LogP contribution in [0.15, 0.2) is 30.5 Å². The van der Waals surface area contributed by atoms with Gasteiger partial charge in [-0.05, 0) is 31.2 Å². The highest BCUT2D eigenvalue weighted by Gasteiger charge is 2.17. The average Bonchev–Trinajstić information content (AvgIpc) is 2.81. The highest BCUT2D eigenvalue weighted by molar-refractivity contribution is 6.32. The SMILES string of the molecule is CCOC(=O)c1cnn(-c2ccc(OC)cc2)c1Cl. The fourth-order valence-corrected chi connectivity index (χ4v) is 1.85. The zero-order chi connectivity index (χ0) is 13.8. The summed E-state index contributed by atoms with van der Waals surface area (Å²) < 4.78 is 11.4. The Bertz CT molecular complexity index is 578. The first kappa shape index (κ1) is 13.4. The van der Waals surface area contributed by atoms with E-state index in [4.69, 9.17) is 21.1 Å². The molecule has 0 spiro atoms. The molecule has 0 aliphatic heterocycles. The lowest BCUT2D eigenvalue weighted by atomic mass is 10.3. The summed E-state index contributed by atoms with van der Waals surface area (Å²) >= 11 is 6.13. The summed E-state index contributed by atoms with van der Waals surface area (Å²) in [5, 5.41) is 4.31. The first-order valence-corrected chi connectivity index (χ1v) is 6.10. The predicted molar refractivity (Wildman–Crippen MR) is 71.1 cm³/mol. The highest BCUT2D eigenvalue weighted by atomic mass is 35.5. The number of hydrogen-bond donors (Lipinski definition) is 0. The van der Waals surface area contributed by atoms with Crippen LogP contribution >= 0.6 is 11.6 Å². The quantitative estimate of drug-likeness (QED) is 0.808. The number of rotatable bonds is 4. The summed E-state index contributed by atoms with van der Waals surface area (Å²) in [5.74, 6) is 0.255. The second kappa shape index (κ2) is 5.75. The average molecular weight is 281 g/mol. The second-order valence-electron chi connectivity index (χ2n) is 3.68. The molecule has 0 atom stereocenters. The van der Waals surface area contributed by atoms with Gasteiger partial charge in [0.25, 0.3) is 0 Å². The molecule has 5 nitrogen and oxygen atoms in total. The van der Waals surface area contributed by atoms with Crippen molar-refractivity contribution in [2.45, 2.75) is 6.92 Å². The van der Waals surface area contributed by atoms with Crippen molar-refractivity contribution in [2.75, 3.05) is 13.7 Å². The molecule has 1 aromatic heterocycles. The van der Waals surface area contributed by atoms with Crippen molar-refractivity contribution in [3.8, 4) is 11.4 Å². The predicted octanol–water partition coefficient (Wildman–Crippen LogP) is 2.71. The minimum Gasteiger partial charge on any atom is -0.497 e. The molecule has 2 aromatic rings. The molecule has 0 unspecified atom stereocenters. The van der Waals surface area contributed by atoms with E-state index in [2.05, 4.69) is 5.10 Å². The summed E-state index contributed by atoms with van der Waals surface area (Å²) in [6.45, 7) is 2.03. The zero-order valence-electron chi connectivity index (χ0n) is 10.6. The highest BCUT2D eigenvalue weighted by Crippen LogP contribution is 2.22. The van der Waals surface area contributed by atoms with Crippen LogP contribution in [0.1, 0.15) is 17.3 Å². The summed E-state index contributed by atoms with van der Waals surface area (Å²) in [6, 6.07) is 7.17. The molecule has 1 heterocycles. The Labute approximate surface area is 115 Å². The van der Waals surface area contributed by atoms with Crippen molar-refractivity contribution in [3.05, 3.63) is 41.2 Å². The van der Waals surface area contributed by atoms with E-state index in [1.165, 1.54) is 10.9 Å². The number of esters is 1. The molecular weight excluding hydrogens is 268 g/mol. The topological polar surface area (TPSA) is 53.3 Å². The van der Waals surface area contributed by atoms with Gasteiger partial charge in [0.15, 0.2) is 0 Å². The van der Waals surface area contributed by atoms with Crippen LogP contribution in [-0.4, -0.2) is 29.5 Å². The number of aromatic nitrogens is 2. The van der Waals surface area contributed by atoms with Gasteiger partial charge in [-0.2, -0.15) is 5.10 Å². The number of ether oxygens (including phenoxy) is 2. The van der Waals surface area contributed by atoms with E-state index in [0.717, 1.165) is 11.4 Å². The molecule has 0 fully saturated rings. The van der Waals surface area contributed by atoms with Crippen molar-refractivity contribution in [3.63, 3.8) is 0 Å². The molecule has 0 radical (unpaired) electrons. The molecular formula is C13H13ClN2O3. The first-order valence-electron chi connectivity index (χ1n) is 5.72. The van der Waals surface area contributed by atoms with Crippen LogP contribution in [0.3, 0.4) is 0 Å². The molecule has 0 N–H and O–H groups in total. The van der Waals surface area contributed by atoms with E-state index < -0.39 is 5.97 Å². The zero-order valence-corrected chi connectivity index (χ0v) is 11.3. The molecule has 0 aliphatic rings. The number of halogens is 1. The van der Waals surface area contributed by atoms with Gasteiger partial charge in [0.05, 0.1) is 25.6 Å². The first-order chi connectivity index (χ1) is 9.17. The standard InChI is InChI=1S/C13H13ClN2O3/c1-3-19-13(17)11-8-15-16(12(11)14)9-4-6-10(18-2)7-5-9/h4-8H,3H2,1-2H3. The van der Waals surface area contributed by atoms with Gasteiger partial charge in [0.1, 0.15) is 16.5 Å². The van der Waals surface area contributed by atoms with Gasteiger partial charge in [-0.3, -0.25) is 0 Å². The van der Waals surface area contributed by atoms with Crippen LogP contribution in [0.4, 0.5) is 0 Å². The maximum atomic E-state index is 11.6. The van der Waals surface area contributed by atoms with Crippen LogP contribution in [0.25, 0.3) is 5.69 Å². The second-order valence-corrected chi connectivity index (χ2v) is 4.04. The molecule has 100 valence electrons. The van der Waals surface area contributed by atoms with E-state index in [-0.39, 0.29) is 10.7 Å². The summed E-state index contributed by atoms with van der Waals surface area (Å²) in [4.78, 5) is 11.6. The maximum Gasteiger partial charge on any atom is 0.342 e. The summed E-state index contributed by atoms with van der Waals surface area (Å²) in [6.07, 6.45) is 1.39. The van der Waals surface area contributed by atoms with E-state index in [0.29, 0.717) is 6.61 Å². The Kier molecular flexibility index (Phi) is 4.06. The molecule has 0 aliphatic carbocycles. The summed E-state index contributed by atoms with van der Waals surface area (Å²) in [7, 11) is 1.59. The fraction of sp³-hybridized carbons (Fsp3) is 0.231. The van der Waals surface area contributed by atoms with Crippen LogP contribution in [0.5, 0.6) is 5.75 Å². The van der Waals surface area contributed by atoms with E-state index in [9.17, 15) is 4.79 Å². The fourth-order valence-electron chi connectivity index (χ4n) is 1.58. The van der Waals surface area contributed by atoms with Gasteiger partial charge in [-0.15, -0.1) is 0 Å². The lowest BCUT2D eigenvalue weighted by Gasteiger charge is -2.05. The lowest BCUT2D eigenvalue weighted by molar-refractivity contribution is 0.0526. The third-order valence-corrected chi connectivity index (χ3v) is 2.89. The number of benzene rings is 1. The molecule has 19 heavy (non-hydrogen) atoms. The third kappa shape index (κ3) is 2.71. The Hall–Kier alpha value is -2.01. The van der Waals surface area contributed by atoms with Crippen molar-refractivity contribution < 1.29 is 14.3 Å². The third-order valence-electron chi connectivity index (χ3n) is 2.52. The monoisotopic (exact) mass is 280 g/mol. The van der Waals surface area contributed by atoms with Crippen LogP contribution < -0.4 is 4.74 Å². The Morgan fingerprint density at radius 2 is 2.05 bits per heavy atom. The van der Waals surface area contributed by atoms with Crippen molar-refractivity contribution in [2.24, 2.45) is 0 Å². The molecule has 0 amide bonds. The van der Waals surface area contributed by atoms with E-state index in [1.807, 2.05) is 0 Å². The van der Waals surface area contributed by atoms with Gasteiger partial charge in [-0.1, -0.05) is 11.6 Å². The van der Waals surface area contributed by atoms with Gasteiger partial charge in [-0.25, -0.2) is 9.48 Å². The van der Waals surface area contributed by atoms with Gasteiger partial charge < -0.3 is 9.47 Å². The van der Waals surface area contributed by atoms with Gasteiger partial charge >= 0.3 is 5.97 Å². The lowest BCUT2D eigenvalue weighted by Crippen LogP contribution is -2.04.